The van der Waals surface area contributed by atoms with Gasteiger partial charge in [0.2, 0.25) is 0 Å². The van der Waals surface area contributed by atoms with Crippen LogP contribution in [0.4, 0.5) is 0 Å². The monoisotopic (exact) mass is 166 g/mol. The maximum absolute atomic E-state index is 8.73. The molecule has 0 N–H and O–H groups in total. The van der Waals surface area contributed by atoms with Crippen molar-refractivity contribution >= 4 is 0 Å². The van der Waals surface area contributed by atoms with Gasteiger partial charge in [0.1, 0.15) is 0 Å². The van der Waals surface area contributed by atoms with Crippen molar-refractivity contribution in [3.05, 3.63) is 0 Å². The fourth-order valence-electron chi connectivity index (χ4n) is 0.987. The van der Waals surface area contributed by atoms with Gasteiger partial charge in [-0.3, -0.25) is 0 Å². The SMILES string of the molecule is CC#N.CCC(C#N)(CC)CC. The van der Waals surface area contributed by atoms with Crippen LogP contribution in [0.5, 0.6) is 0 Å². The average molecular weight is 166 g/mol. The van der Waals surface area contributed by atoms with Crippen molar-refractivity contribution in [2.45, 2.75) is 47.0 Å². The molecule has 12 heavy (non-hydrogen) atoms. The second-order valence-electron chi connectivity index (χ2n) is 2.68. The van der Waals surface area contributed by atoms with E-state index in [1.807, 2.05) is 0 Å². The van der Waals surface area contributed by atoms with Gasteiger partial charge in [0, 0.05) is 6.92 Å². The Morgan fingerprint density at radius 3 is 1.25 bits per heavy atom. The summed E-state index contributed by atoms with van der Waals surface area (Å²) in [7, 11) is 0. The maximum atomic E-state index is 8.73. The molecule has 0 aliphatic rings. The summed E-state index contributed by atoms with van der Waals surface area (Å²) >= 11 is 0. The van der Waals surface area contributed by atoms with Gasteiger partial charge in [-0.15, -0.1) is 0 Å². The van der Waals surface area contributed by atoms with Crippen molar-refractivity contribution in [1.82, 2.24) is 0 Å². The molecule has 0 amide bonds. The Balaban J connectivity index is 0. The highest BCUT2D eigenvalue weighted by Crippen LogP contribution is 2.28. The Bertz CT molecular complexity index is 159. The molecule has 68 valence electrons. The van der Waals surface area contributed by atoms with E-state index in [0.717, 1.165) is 19.3 Å². The molecule has 0 saturated heterocycles. The molecule has 0 bridgehead atoms. The van der Waals surface area contributed by atoms with Crippen LogP contribution in [0.1, 0.15) is 47.0 Å². The van der Waals surface area contributed by atoms with Gasteiger partial charge in [-0.1, -0.05) is 20.8 Å². The molecule has 0 aliphatic carbocycles. The van der Waals surface area contributed by atoms with Crippen molar-refractivity contribution in [2.24, 2.45) is 5.41 Å². The Labute approximate surface area is 75.8 Å². The van der Waals surface area contributed by atoms with Gasteiger partial charge in [-0.25, -0.2) is 0 Å². The van der Waals surface area contributed by atoms with E-state index in [4.69, 9.17) is 10.5 Å². The summed E-state index contributed by atoms with van der Waals surface area (Å²) in [6.45, 7) is 7.67. The lowest BCUT2D eigenvalue weighted by atomic mass is 9.82. The zero-order valence-electron chi connectivity index (χ0n) is 8.52. The predicted molar refractivity (Wildman–Crippen MR) is 50.2 cm³/mol. The molecule has 0 aromatic carbocycles. The summed E-state index contributed by atoms with van der Waals surface area (Å²) in [5.41, 5.74) is -0.0278. The third-order valence-corrected chi connectivity index (χ3v) is 2.27. The van der Waals surface area contributed by atoms with Gasteiger partial charge in [0.15, 0.2) is 0 Å². The summed E-state index contributed by atoms with van der Waals surface area (Å²) in [6.07, 6.45) is 2.95. The van der Waals surface area contributed by atoms with Gasteiger partial charge in [-0.2, -0.15) is 10.5 Å². The maximum Gasteiger partial charge on any atom is 0.0689 e. The van der Waals surface area contributed by atoms with Crippen LogP contribution in [0, 0.1) is 28.1 Å². The van der Waals surface area contributed by atoms with E-state index in [9.17, 15) is 0 Å². The number of nitriles is 2. The van der Waals surface area contributed by atoms with Crippen LogP contribution >= 0.6 is 0 Å². The van der Waals surface area contributed by atoms with Crippen LogP contribution in [0.15, 0.2) is 0 Å². The minimum absolute atomic E-state index is 0.0278. The van der Waals surface area contributed by atoms with Crippen LogP contribution in [-0.2, 0) is 0 Å². The van der Waals surface area contributed by atoms with Gasteiger partial charge >= 0.3 is 0 Å². The molecule has 0 aliphatic heterocycles. The third-order valence-electron chi connectivity index (χ3n) is 2.27. The molecule has 0 rings (SSSR count). The van der Waals surface area contributed by atoms with E-state index in [-0.39, 0.29) is 5.41 Å². The smallest absolute Gasteiger partial charge is 0.0689 e. The first kappa shape index (κ1) is 13.6. The summed E-state index contributed by atoms with van der Waals surface area (Å²) in [6, 6.07) is 4.11. The normalized spacial score (nSPS) is 8.83. The number of hydrogen-bond donors (Lipinski definition) is 0. The van der Waals surface area contributed by atoms with Crippen LogP contribution in [0.25, 0.3) is 0 Å². The van der Waals surface area contributed by atoms with Crippen molar-refractivity contribution in [1.29, 1.82) is 10.5 Å². The molecule has 0 unspecified atom stereocenters. The summed E-state index contributed by atoms with van der Waals surface area (Å²) < 4.78 is 0. The van der Waals surface area contributed by atoms with Crippen molar-refractivity contribution < 1.29 is 0 Å². The molecule has 0 spiro atoms. The zero-order chi connectivity index (χ0) is 10.0. The molecule has 0 saturated carbocycles. The van der Waals surface area contributed by atoms with Crippen LogP contribution in [0.2, 0.25) is 0 Å². The summed E-state index contributed by atoms with van der Waals surface area (Å²) in [4.78, 5) is 0. The van der Waals surface area contributed by atoms with Gasteiger partial charge in [0.25, 0.3) is 0 Å². The first-order chi connectivity index (χ1) is 5.66. The standard InChI is InChI=1S/C8H15N.C2H3N/c1-4-8(5-2,6-3)7-9;1-2-3/h4-6H2,1-3H3;1H3. The van der Waals surface area contributed by atoms with Gasteiger partial charge < -0.3 is 0 Å². The number of rotatable bonds is 3. The van der Waals surface area contributed by atoms with Crippen LogP contribution in [0.3, 0.4) is 0 Å². The van der Waals surface area contributed by atoms with E-state index < -0.39 is 0 Å². The lowest BCUT2D eigenvalue weighted by molar-refractivity contribution is 0.352. The highest BCUT2D eigenvalue weighted by molar-refractivity contribution is 4.95. The van der Waals surface area contributed by atoms with E-state index >= 15 is 0 Å². The van der Waals surface area contributed by atoms with Crippen molar-refractivity contribution in [3.8, 4) is 12.1 Å². The van der Waals surface area contributed by atoms with Crippen LogP contribution < -0.4 is 0 Å². The van der Waals surface area contributed by atoms with Crippen LogP contribution in [-0.4, -0.2) is 0 Å². The summed E-state index contributed by atoms with van der Waals surface area (Å²) in [5, 5.41) is 16.0. The highest BCUT2D eigenvalue weighted by Gasteiger charge is 2.22. The molecule has 0 atom stereocenters. The average Bonchev–Trinajstić information content (AvgIpc) is 2.11. The Morgan fingerprint density at radius 2 is 1.25 bits per heavy atom. The second-order valence-corrected chi connectivity index (χ2v) is 2.68. The fraction of sp³-hybridized carbons (Fsp3) is 0.800. The van der Waals surface area contributed by atoms with Gasteiger partial charge in [-0.05, 0) is 19.3 Å². The van der Waals surface area contributed by atoms with Crippen molar-refractivity contribution in [3.63, 3.8) is 0 Å². The van der Waals surface area contributed by atoms with E-state index in [1.54, 1.807) is 6.07 Å². The van der Waals surface area contributed by atoms with Gasteiger partial charge in [0.05, 0.1) is 17.6 Å². The van der Waals surface area contributed by atoms with E-state index in [0.29, 0.717) is 0 Å². The van der Waals surface area contributed by atoms with E-state index in [1.165, 1.54) is 6.92 Å². The molecule has 2 heteroatoms. The lowest BCUT2D eigenvalue weighted by Gasteiger charge is -2.19. The topological polar surface area (TPSA) is 47.6 Å². The fourth-order valence-corrected chi connectivity index (χ4v) is 0.987. The molecular formula is C10H18N2. The molecule has 0 heterocycles. The molecule has 2 nitrogen and oxygen atoms in total. The predicted octanol–water partition coefficient (Wildman–Crippen LogP) is 3.26. The first-order valence-electron chi connectivity index (χ1n) is 4.38. The molecule has 0 aromatic rings. The first-order valence-corrected chi connectivity index (χ1v) is 4.38. The highest BCUT2D eigenvalue weighted by atomic mass is 14.3. The second kappa shape index (κ2) is 8.08. The zero-order valence-corrected chi connectivity index (χ0v) is 8.52. The third kappa shape index (κ3) is 4.74. The molecule has 0 aromatic heterocycles. The summed E-state index contributed by atoms with van der Waals surface area (Å²) in [5.74, 6) is 0. The largest absolute Gasteiger partial charge is 0.199 e. The lowest BCUT2D eigenvalue weighted by Crippen LogP contribution is -2.13. The molecule has 0 fully saturated rings. The van der Waals surface area contributed by atoms with E-state index in [2.05, 4.69) is 26.8 Å². The Hall–Kier alpha value is -1.02. The Kier molecular flexibility index (Phi) is 9.13. The molecule has 0 radical (unpaired) electrons. The minimum Gasteiger partial charge on any atom is -0.199 e. The quantitative estimate of drug-likeness (QED) is 0.646. The Morgan fingerprint density at radius 1 is 1.00 bits per heavy atom. The number of hydrogen-bond acceptors (Lipinski definition) is 2. The number of nitrogens with zero attached hydrogens (tertiary/aromatic N) is 2. The van der Waals surface area contributed by atoms with Crippen molar-refractivity contribution in [2.75, 3.05) is 0 Å². The minimum atomic E-state index is -0.0278. The molecular weight excluding hydrogens is 148 g/mol.